The lowest BCUT2D eigenvalue weighted by Crippen LogP contribution is -2.58. The van der Waals surface area contributed by atoms with Crippen molar-refractivity contribution in [3.05, 3.63) is 30.1 Å². The second kappa shape index (κ2) is 6.49. The Morgan fingerprint density at radius 3 is 2.68 bits per heavy atom. The van der Waals surface area contributed by atoms with Gasteiger partial charge < -0.3 is 5.32 Å². The monoisotopic (exact) mass is 261 g/mol. The first kappa shape index (κ1) is 14.5. The minimum Gasteiger partial charge on any atom is -0.315 e. The van der Waals surface area contributed by atoms with Crippen LogP contribution in [0, 0.1) is 0 Å². The summed E-state index contributed by atoms with van der Waals surface area (Å²) in [5.41, 5.74) is 1.56. The van der Waals surface area contributed by atoms with E-state index >= 15 is 0 Å². The summed E-state index contributed by atoms with van der Waals surface area (Å²) in [5, 5.41) is 3.55. The Labute approximate surface area is 117 Å². The van der Waals surface area contributed by atoms with Crippen molar-refractivity contribution in [1.29, 1.82) is 0 Å². The lowest BCUT2D eigenvalue weighted by Gasteiger charge is -2.44. The van der Waals surface area contributed by atoms with Gasteiger partial charge in [-0.1, -0.05) is 13.0 Å². The van der Waals surface area contributed by atoms with Gasteiger partial charge in [-0.3, -0.25) is 9.88 Å². The minimum absolute atomic E-state index is 0.237. The highest BCUT2D eigenvalue weighted by Gasteiger charge is 2.38. The number of nitrogens with zero attached hydrogens (tertiary/aromatic N) is 2. The second-order valence-corrected chi connectivity index (χ2v) is 5.81. The first-order chi connectivity index (χ1) is 9.20. The molecule has 1 fully saturated rings. The summed E-state index contributed by atoms with van der Waals surface area (Å²) in [4.78, 5) is 6.91. The predicted octanol–water partition coefficient (Wildman–Crippen LogP) is 2.48. The Morgan fingerprint density at radius 2 is 2.16 bits per heavy atom. The van der Waals surface area contributed by atoms with Gasteiger partial charge in [0.1, 0.15) is 0 Å². The first-order valence-corrected chi connectivity index (χ1v) is 7.52. The van der Waals surface area contributed by atoms with Crippen molar-refractivity contribution in [2.24, 2.45) is 0 Å². The van der Waals surface area contributed by atoms with Crippen LogP contribution in [0.2, 0.25) is 0 Å². The number of likely N-dealkylation sites (tertiary alicyclic amines) is 1. The normalized spacial score (nSPS) is 21.2. The SMILES string of the molecule is CCC(C)(C(Cc1cccnc1)NC)N1CCCC1. The molecule has 106 valence electrons. The molecule has 1 N–H and O–H groups in total. The van der Waals surface area contributed by atoms with E-state index < -0.39 is 0 Å². The molecule has 0 spiro atoms. The highest BCUT2D eigenvalue weighted by Crippen LogP contribution is 2.29. The molecular formula is C16H27N3. The third kappa shape index (κ3) is 3.15. The van der Waals surface area contributed by atoms with Gasteiger partial charge in [-0.25, -0.2) is 0 Å². The van der Waals surface area contributed by atoms with Crippen LogP contribution in [0.25, 0.3) is 0 Å². The quantitative estimate of drug-likeness (QED) is 0.852. The molecule has 0 bridgehead atoms. The van der Waals surface area contributed by atoms with Gasteiger partial charge in [0.25, 0.3) is 0 Å². The number of hydrogen-bond donors (Lipinski definition) is 1. The smallest absolute Gasteiger partial charge is 0.0334 e. The van der Waals surface area contributed by atoms with Crippen LogP contribution < -0.4 is 5.32 Å². The van der Waals surface area contributed by atoms with Crippen LogP contribution in [-0.4, -0.2) is 41.6 Å². The molecule has 3 nitrogen and oxygen atoms in total. The molecule has 1 aliphatic rings. The van der Waals surface area contributed by atoms with Crippen LogP contribution in [0.5, 0.6) is 0 Å². The van der Waals surface area contributed by atoms with Gasteiger partial charge in [-0.15, -0.1) is 0 Å². The maximum absolute atomic E-state index is 4.24. The third-order valence-corrected chi connectivity index (χ3v) is 4.81. The molecule has 0 saturated carbocycles. The highest BCUT2D eigenvalue weighted by molar-refractivity contribution is 5.13. The molecule has 2 atom stereocenters. The number of rotatable bonds is 6. The van der Waals surface area contributed by atoms with Gasteiger partial charge in [-0.2, -0.15) is 0 Å². The largest absolute Gasteiger partial charge is 0.315 e. The lowest BCUT2D eigenvalue weighted by atomic mass is 9.84. The van der Waals surface area contributed by atoms with E-state index in [4.69, 9.17) is 0 Å². The number of likely N-dealkylation sites (N-methyl/N-ethyl adjacent to an activating group) is 1. The second-order valence-electron chi connectivity index (χ2n) is 5.81. The maximum Gasteiger partial charge on any atom is 0.0334 e. The van der Waals surface area contributed by atoms with E-state index in [1.165, 1.54) is 37.9 Å². The Hall–Kier alpha value is -0.930. The predicted molar refractivity (Wildman–Crippen MR) is 80.3 cm³/mol. The van der Waals surface area contributed by atoms with E-state index in [0.717, 1.165) is 6.42 Å². The number of aromatic nitrogens is 1. The van der Waals surface area contributed by atoms with Crippen LogP contribution in [0.15, 0.2) is 24.5 Å². The van der Waals surface area contributed by atoms with Gasteiger partial charge in [0, 0.05) is 24.0 Å². The zero-order valence-electron chi connectivity index (χ0n) is 12.5. The summed E-state index contributed by atoms with van der Waals surface area (Å²) in [7, 11) is 2.09. The maximum atomic E-state index is 4.24. The summed E-state index contributed by atoms with van der Waals surface area (Å²) in [6.45, 7) is 7.22. The van der Waals surface area contributed by atoms with Gasteiger partial charge in [0.2, 0.25) is 0 Å². The fourth-order valence-electron chi connectivity index (χ4n) is 3.31. The highest BCUT2D eigenvalue weighted by atomic mass is 15.2. The zero-order valence-corrected chi connectivity index (χ0v) is 12.5. The molecule has 1 aromatic rings. The molecule has 0 aromatic carbocycles. The van der Waals surface area contributed by atoms with E-state index in [0.29, 0.717) is 6.04 Å². The van der Waals surface area contributed by atoms with Gasteiger partial charge in [0.05, 0.1) is 0 Å². The van der Waals surface area contributed by atoms with Gasteiger partial charge in [0.15, 0.2) is 0 Å². The van der Waals surface area contributed by atoms with Gasteiger partial charge in [-0.05, 0) is 64.4 Å². The van der Waals surface area contributed by atoms with Crippen molar-refractivity contribution in [2.45, 2.75) is 51.1 Å². The fraction of sp³-hybridized carbons (Fsp3) is 0.688. The molecule has 3 heteroatoms. The van der Waals surface area contributed by atoms with Crippen LogP contribution in [0.4, 0.5) is 0 Å². The Morgan fingerprint density at radius 1 is 1.42 bits per heavy atom. The number of nitrogens with one attached hydrogen (secondary N) is 1. The molecule has 1 aromatic heterocycles. The standard InChI is InChI=1S/C16H27N3/c1-4-16(2,19-10-5-6-11-19)15(17-3)12-14-8-7-9-18-13-14/h7-9,13,15,17H,4-6,10-12H2,1-3H3. The van der Waals surface area contributed by atoms with Crippen LogP contribution >= 0.6 is 0 Å². The number of pyridine rings is 1. The summed E-state index contributed by atoms with van der Waals surface area (Å²) < 4.78 is 0. The minimum atomic E-state index is 0.237. The molecule has 0 amide bonds. The van der Waals surface area contributed by atoms with Crippen LogP contribution in [0.3, 0.4) is 0 Å². The summed E-state index contributed by atoms with van der Waals surface area (Å²) in [5.74, 6) is 0. The Bertz CT molecular complexity index is 373. The van der Waals surface area contributed by atoms with E-state index in [9.17, 15) is 0 Å². The molecule has 0 aliphatic carbocycles. The molecule has 19 heavy (non-hydrogen) atoms. The first-order valence-electron chi connectivity index (χ1n) is 7.52. The molecule has 2 heterocycles. The molecule has 0 radical (unpaired) electrons. The van der Waals surface area contributed by atoms with E-state index in [-0.39, 0.29) is 5.54 Å². The van der Waals surface area contributed by atoms with E-state index in [1.807, 2.05) is 18.5 Å². The van der Waals surface area contributed by atoms with Crippen molar-refractivity contribution in [1.82, 2.24) is 15.2 Å². The molecule has 1 aliphatic heterocycles. The average Bonchev–Trinajstić information content (AvgIpc) is 3.00. The summed E-state index contributed by atoms with van der Waals surface area (Å²) >= 11 is 0. The Balaban J connectivity index is 2.13. The average molecular weight is 261 g/mol. The van der Waals surface area contributed by atoms with Crippen LogP contribution in [-0.2, 0) is 6.42 Å². The van der Waals surface area contributed by atoms with E-state index in [2.05, 4.69) is 42.2 Å². The number of hydrogen-bond acceptors (Lipinski definition) is 3. The summed E-state index contributed by atoms with van der Waals surface area (Å²) in [6.07, 6.45) is 8.75. The zero-order chi connectivity index (χ0) is 13.7. The summed E-state index contributed by atoms with van der Waals surface area (Å²) in [6, 6.07) is 4.68. The molecular weight excluding hydrogens is 234 g/mol. The molecule has 1 saturated heterocycles. The van der Waals surface area contributed by atoms with Gasteiger partial charge >= 0.3 is 0 Å². The molecule has 2 unspecified atom stereocenters. The van der Waals surface area contributed by atoms with E-state index in [1.54, 1.807) is 0 Å². The van der Waals surface area contributed by atoms with Crippen molar-refractivity contribution < 1.29 is 0 Å². The van der Waals surface area contributed by atoms with Crippen molar-refractivity contribution >= 4 is 0 Å². The molecule has 2 rings (SSSR count). The van der Waals surface area contributed by atoms with Crippen LogP contribution in [0.1, 0.15) is 38.7 Å². The third-order valence-electron chi connectivity index (χ3n) is 4.81. The van der Waals surface area contributed by atoms with Crippen molar-refractivity contribution in [2.75, 3.05) is 20.1 Å². The lowest BCUT2D eigenvalue weighted by molar-refractivity contribution is 0.0873. The topological polar surface area (TPSA) is 28.2 Å². The van der Waals surface area contributed by atoms with Crippen molar-refractivity contribution in [3.8, 4) is 0 Å². The fourth-order valence-corrected chi connectivity index (χ4v) is 3.31. The van der Waals surface area contributed by atoms with Crippen molar-refractivity contribution in [3.63, 3.8) is 0 Å². The Kier molecular flexibility index (Phi) is 4.94.